The number of rotatable bonds is 5. The molecule has 0 spiro atoms. The van der Waals surface area contributed by atoms with Gasteiger partial charge in [0.05, 0.1) is 0 Å². The molecule has 4 nitrogen and oxygen atoms in total. The zero-order chi connectivity index (χ0) is 13.5. The van der Waals surface area contributed by atoms with E-state index in [0.717, 1.165) is 30.8 Å². The molecule has 0 aromatic carbocycles. The third-order valence-corrected chi connectivity index (χ3v) is 2.93. The molecule has 1 amide bonds. The summed E-state index contributed by atoms with van der Waals surface area (Å²) in [6, 6.07) is 0. The Morgan fingerprint density at radius 3 is 2.74 bits per heavy atom. The number of allylic oxidation sites excluding steroid dienone is 4. The van der Waals surface area contributed by atoms with Crippen molar-refractivity contribution in [1.29, 1.82) is 0 Å². The number of hydrogen-bond acceptors (Lipinski definition) is 3. The number of hydrogen-bond donors (Lipinski definition) is 1. The van der Waals surface area contributed by atoms with Crippen molar-refractivity contribution < 1.29 is 14.3 Å². The summed E-state index contributed by atoms with van der Waals surface area (Å²) in [6.45, 7) is 2.06. The first-order valence-electron chi connectivity index (χ1n) is 6.54. The van der Waals surface area contributed by atoms with Gasteiger partial charge in [-0.15, -0.1) is 0 Å². The summed E-state index contributed by atoms with van der Waals surface area (Å²) < 4.78 is 11.0. The van der Waals surface area contributed by atoms with Gasteiger partial charge >= 0.3 is 0 Å². The van der Waals surface area contributed by atoms with E-state index in [4.69, 9.17) is 9.47 Å². The van der Waals surface area contributed by atoms with E-state index >= 15 is 0 Å². The second-order valence-corrected chi connectivity index (χ2v) is 4.61. The van der Waals surface area contributed by atoms with Crippen LogP contribution in [-0.2, 0) is 14.3 Å². The van der Waals surface area contributed by atoms with E-state index in [9.17, 15) is 4.79 Å². The fraction of sp³-hybridized carbons (Fsp3) is 0.400. The zero-order valence-corrected chi connectivity index (χ0v) is 11.1. The summed E-state index contributed by atoms with van der Waals surface area (Å²) in [7, 11) is 0. The van der Waals surface area contributed by atoms with Crippen LogP contribution >= 0.6 is 0 Å². The summed E-state index contributed by atoms with van der Waals surface area (Å²) in [6.07, 6.45) is 13.2. The molecular formula is C15H19NO3. The lowest BCUT2D eigenvalue weighted by Gasteiger charge is -2.17. The SMILES string of the molecule is CC(=O)NCCC1=COC(CC2=CC=CCC2)=CO1. The third-order valence-electron chi connectivity index (χ3n) is 2.93. The molecule has 0 fully saturated rings. The van der Waals surface area contributed by atoms with Crippen molar-refractivity contribution in [1.82, 2.24) is 5.32 Å². The molecule has 1 aliphatic carbocycles. The van der Waals surface area contributed by atoms with E-state index < -0.39 is 0 Å². The molecule has 19 heavy (non-hydrogen) atoms. The van der Waals surface area contributed by atoms with Gasteiger partial charge in [-0.2, -0.15) is 0 Å². The van der Waals surface area contributed by atoms with Gasteiger partial charge in [-0.3, -0.25) is 4.79 Å². The van der Waals surface area contributed by atoms with E-state index in [2.05, 4.69) is 23.5 Å². The van der Waals surface area contributed by atoms with Crippen LogP contribution in [0.4, 0.5) is 0 Å². The minimum absolute atomic E-state index is 0.0363. The van der Waals surface area contributed by atoms with Crippen LogP contribution in [0.5, 0.6) is 0 Å². The van der Waals surface area contributed by atoms with Crippen molar-refractivity contribution in [3.8, 4) is 0 Å². The Balaban J connectivity index is 1.73. The van der Waals surface area contributed by atoms with Crippen molar-refractivity contribution in [2.75, 3.05) is 6.54 Å². The highest BCUT2D eigenvalue weighted by Crippen LogP contribution is 2.24. The van der Waals surface area contributed by atoms with Crippen LogP contribution in [-0.4, -0.2) is 12.5 Å². The van der Waals surface area contributed by atoms with Crippen molar-refractivity contribution in [3.63, 3.8) is 0 Å². The number of nitrogens with one attached hydrogen (secondary N) is 1. The van der Waals surface area contributed by atoms with Crippen molar-refractivity contribution in [2.45, 2.75) is 32.6 Å². The Morgan fingerprint density at radius 1 is 1.32 bits per heavy atom. The topological polar surface area (TPSA) is 47.6 Å². The second-order valence-electron chi connectivity index (χ2n) is 4.61. The van der Waals surface area contributed by atoms with Crippen LogP contribution in [0.25, 0.3) is 0 Å². The Bertz CT molecular complexity index is 458. The molecular weight excluding hydrogens is 242 g/mol. The fourth-order valence-electron chi connectivity index (χ4n) is 1.92. The molecule has 1 heterocycles. The van der Waals surface area contributed by atoms with Crippen molar-refractivity contribution in [3.05, 3.63) is 47.8 Å². The fourth-order valence-corrected chi connectivity index (χ4v) is 1.92. The van der Waals surface area contributed by atoms with Gasteiger partial charge in [-0.05, 0) is 12.8 Å². The Kier molecular flexibility index (Phi) is 4.84. The highest BCUT2D eigenvalue weighted by atomic mass is 16.5. The first-order chi connectivity index (χ1) is 9.24. The molecule has 1 aliphatic heterocycles. The molecule has 0 saturated heterocycles. The highest BCUT2D eigenvalue weighted by molar-refractivity contribution is 5.72. The number of amides is 1. The monoisotopic (exact) mass is 261 g/mol. The van der Waals surface area contributed by atoms with E-state index in [-0.39, 0.29) is 5.91 Å². The van der Waals surface area contributed by atoms with Crippen molar-refractivity contribution >= 4 is 5.91 Å². The smallest absolute Gasteiger partial charge is 0.216 e. The summed E-state index contributed by atoms with van der Waals surface area (Å²) in [4.78, 5) is 10.7. The average molecular weight is 261 g/mol. The second kappa shape index (κ2) is 6.83. The number of carbonyl (C=O) groups excluding carboxylic acids is 1. The average Bonchev–Trinajstić information content (AvgIpc) is 2.42. The minimum Gasteiger partial charge on any atom is -0.463 e. The maximum absolute atomic E-state index is 10.7. The standard InChI is InChI=1S/C15H19NO3/c1-12(17)16-8-7-14-10-19-15(11-18-14)9-13-5-3-2-4-6-13/h2-3,5,10-11H,4,6-9H2,1H3,(H,16,17). The molecule has 0 bridgehead atoms. The van der Waals surface area contributed by atoms with Crippen LogP contribution in [0, 0.1) is 0 Å². The number of ether oxygens (including phenoxy) is 2. The highest BCUT2D eigenvalue weighted by Gasteiger charge is 2.11. The van der Waals surface area contributed by atoms with Gasteiger partial charge in [-0.25, -0.2) is 0 Å². The lowest BCUT2D eigenvalue weighted by Crippen LogP contribution is -2.21. The predicted molar refractivity (Wildman–Crippen MR) is 72.7 cm³/mol. The Morgan fingerprint density at radius 2 is 2.11 bits per heavy atom. The zero-order valence-electron chi connectivity index (χ0n) is 11.1. The van der Waals surface area contributed by atoms with Gasteiger partial charge < -0.3 is 14.8 Å². The molecule has 0 aromatic heterocycles. The summed E-state index contributed by atoms with van der Waals surface area (Å²) in [5.74, 6) is 1.52. The lowest BCUT2D eigenvalue weighted by molar-refractivity contribution is -0.118. The Hall–Kier alpha value is -1.97. The molecule has 4 heteroatoms. The molecule has 0 radical (unpaired) electrons. The molecule has 0 saturated carbocycles. The van der Waals surface area contributed by atoms with Gasteiger partial charge in [0, 0.05) is 26.3 Å². The maximum Gasteiger partial charge on any atom is 0.216 e. The summed E-state index contributed by atoms with van der Waals surface area (Å²) in [5.41, 5.74) is 1.35. The molecule has 0 atom stereocenters. The van der Waals surface area contributed by atoms with E-state index in [0.29, 0.717) is 13.0 Å². The van der Waals surface area contributed by atoms with Crippen LogP contribution in [0.2, 0.25) is 0 Å². The van der Waals surface area contributed by atoms with Crippen LogP contribution in [0.3, 0.4) is 0 Å². The summed E-state index contributed by atoms with van der Waals surface area (Å²) in [5, 5.41) is 2.72. The minimum atomic E-state index is -0.0363. The van der Waals surface area contributed by atoms with E-state index in [1.54, 1.807) is 12.5 Å². The lowest BCUT2D eigenvalue weighted by atomic mass is 10.0. The van der Waals surface area contributed by atoms with Crippen LogP contribution < -0.4 is 5.32 Å². The largest absolute Gasteiger partial charge is 0.463 e. The molecule has 102 valence electrons. The van der Waals surface area contributed by atoms with E-state index in [1.165, 1.54) is 12.5 Å². The quantitative estimate of drug-likeness (QED) is 0.827. The van der Waals surface area contributed by atoms with Crippen molar-refractivity contribution in [2.24, 2.45) is 0 Å². The van der Waals surface area contributed by atoms with Gasteiger partial charge in [0.1, 0.15) is 24.0 Å². The Labute approximate surface area is 113 Å². The molecule has 1 N–H and O–H groups in total. The van der Waals surface area contributed by atoms with Crippen LogP contribution in [0.1, 0.15) is 32.6 Å². The van der Waals surface area contributed by atoms with Gasteiger partial charge in [0.25, 0.3) is 0 Å². The maximum atomic E-state index is 10.7. The first kappa shape index (κ1) is 13.5. The van der Waals surface area contributed by atoms with Crippen LogP contribution in [0.15, 0.2) is 47.8 Å². The number of carbonyl (C=O) groups is 1. The normalized spacial score (nSPS) is 17.6. The first-order valence-corrected chi connectivity index (χ1v) is 6.54. The van der Waals surface area contributed by atoms with Gasteiger partial charge in [0.2, 0.25) is 5.91 Å². The van der Waals surface area contributed by atoms with E-state index in [1.807, 2.05) is 0 Å². The molecule has 2 aliphatic rings. The third kappa shape index (κ3) is 4.66. The predicted octanol–water partition coefficient (Wildman–Crippen LogP) is 2.91. The van der Waals surface area contributed by atoms with Gasteiger partial charge in [-0.1, -0.05) is 23.8 Å². The van der Waals surface area contributed by atoms with Gasteiger partial charge in [0.15, 0.2) is 0 Å². The molecule has 0 aromatic rings. The molecule has 0 unspecified atom stereocenters. The molecule has 2 rings (SSSR count). The summed E-state index contributed by atoms with van der Waals surface area (Å²) >= 11 is 0.